The second-order valence-corrected chi connectivity index (χ2v) is 7.93. The highest BCUT2D eigenvalue weighted by molar-refractivity contribution is 5.86. The highest BCUT2D eigenvalue weighted by atomic mass is 19.1. The first kappa shape index (κ1) is 18.8. The number of nitrogens with one attached hydrogen (secondary N) is 2. The maximum atomic E-state index is 13.6. The predicted octanol–water partition coefficient (Wildman–Crippen LogP) is 3.35. The van der Waals surface area contributed by atoms with Gasteiger partial charge >= 0.3 is 0 Å². The lowest BCUT2D eigenvalue weighted by atomic mass is 9.83. The fraction of sp³-hybridized carbons (Fsp3) is 0.261. The Morgan fingerprint density at radius 2 is 1.87 bits per heavy atom. The van der Waals surface area contributed by atoms with E-state index in [0.29, 0.717) is 12.3 Å². The second-order valence-electron chi connectivity index (χ2n) is 7.93. The Balaban J connectivity index is 1.59. The average Bonchev–Trinajstić information content (AvgIpc) is 3.45. The van der Waals surface area contributed by atoms with Crippen LogP contribution in [0.1, 0.15) is 34.5 Å². The smallest absolute Gasteiger partial charge is 0.242 e. The summed E-state index contributed by atoms with van der Waals surface area (Å²) in [5.41, 5.74) is 8.92. The Morgan fingerprint density at radius 1 is 1.10 bits per heavy atom. The molecular weight excluding hydrogens is 385 g/mol. The van der Waals surface area contributed by atoms with Crippen molar-refractivity contribution in [3.8, 4) is 5.75 Å². The maximum Gasteiger partial charge on any atom is 0.242 e. The molecule has 0 saturated carbocycles. The number of carbonyl (C=O) groups is 1. The van der Waals surface area contributed by atoms with Crippen LogP contribution in [0.25, 0.3) is 0 Å². The van der Waals surface area contributed by atoms with E-state index < -0.39 is 6.04 Å². The lowest BCUT2D eigenvalue weighted by molar-refractivity contribution is -0.131. The van der Waals surface area contributed by atoms with Gasteiger partial charge in [0.1, 0.15) is 23.4 Å². The van der Waals surface area contributed by atoms with Crippen molar-refractivity contribution < 1.29 is 18.7 Å². The predicted molar refractivity (Wildman–Crippen MR) is 108 cm³/mol. The number of aryl methyl sites for hydroxylation is 1. The van der Waals surface area contributed by atoms with Crippen LogP contribution < -0.4 is 10.9 Å². The van der Waals surface area contributed by atoms with Crippen LogP contribution in [0.2, 0.25) is 0 Å². The lowest BCUT2D eigenvalue weighted by Gasteiger charge is -2.31. The zero-order chi connectivity index (χ0) is 20.8. The zero-order valence-corrected chi connectivity index (χ0v) is 16.4. The summed E-state index contributed by atoms with van der Waals surface area (Å²) in [5.74, 6) is 0.264. The van der Waals surface area contributed by atoms with E-state index in [1.54, 1.807) is 35.4 Å². The van der Waals surface area contributed by atoms with Crippen molar-refractivity contribution in [2.75, 3.05) is 0 Å². The number of phenols is 1. The monoisotopic (exact) mass is 407 g/mol. The van der Waals surface area contributed by atoms with Gasteiger partial charge in [-0.25, -0.2) is 15.2 Å². The van der Waals surface area contributed by atoms with Gasteiger partial charge in [-0.2, -0.15) is 0 Å². The lowest BCUT2D eigenvalue weighted by Crippen LogP contribution is -2.41. The van der Waals surface area contributed by atoms with E-state index in [2.05, 4.69) is 10.9 Å². The van der Waals surface area contributed by atoms with Crippen molar-refractivity contribution >= 4 is 5.91 Å². The van der Waals surface area contributed by atoms with E-state index in [1.165, 1.54) is 12.1 Å². The van der Waals surface area contributed by atoms with Crippen molar-refractivity contribution in [3.63, 3.8) is 0 Å². The first-order valence-corrected chi connectivity index (χ1v) is 9.92. The fourth-order valence-corrected chi connectivity index (χ4v) is 4.70. The number of carbonyl (C=O) groups excluding carboxylic acids is 1. The molecule has 2 aromatic carbocycles. The van der Waals surface area contributed by atoms with Crippen LogP contribution in [0.5, 0.6) is 5.75 Å². The Hall–Kier alpha value is -3.16. The van der Waals surface area contributed by atoms with Crippen LogP contribution in [0.4, 0.5) is 4.39 Å². The van der Waals surface area contributed by atoms with Gasteiger partial charge in [0, 0.05) is 11.5 Å². The van der Waals surface area contributed by atoms with Gasteiger partial charge in [0.2, 0.25) is 5.91 Å². The van der Waals surface area contributed by atoms with Gasteiger partial charge in [-0.05, 0) is 42.8 Å². The topological polar surface area (TPSA) is 77.7 Å². The molecule has 0 bridgehead atoms. The number of phenolic OH excluding ortho intramolecular Hbond substituents is 1. The van der Waals surface area contributed by atoms with Gasteiger partial charge in [-0.1, -0.05) is 29.8 Å². The summed E-state index contributed by atoms with van der Waals surface area (Å²) in [6.07, 6.45) is 1.58. The number of amides is 1. The summed E-state index contributed by atoms with van der Waals surface area (Å²) in [7, 11) is 0. The number of furan rings is 1. The summed E-state index contributed by atoms with van der Waals surface area (Å²) < 4.78 is 19.1. The molecule has 7 heteroatoms. The van der Waals surface area contributed by atoms with Crippen molar-refractivity contribution in [3.05, 3.63) is 89.1 Å². The third-order valence-corrected chi connectivity index (χ3v) is 6.05. The van der Waals surface area contributed by atoms with Crippen LogP contribution in [0.15, 0.2) is 65.3 Å². The largest absolute Gasteiger partial charge is 0.508 e. The minimum absolute atomic E-state index is 0.0622. The molecule has 2 saturated heterocycles. The third kappa shape index (κ3) is 3.07. The van der Waals surface area contributed by atoms with Crippen molar-refractivity contribution in [1.82, 2.24) is 15.8 Å². The number of benzene rings is 2. The molecule has 154 valence electrons. The van der Waals surface area contributed by atoms with Crippen LogP contribution in [-0.2, 0) is 11.3 Å². The molecule has 4 atom stereocenters. The van der Waals surface area contributed by atoms with Gasteiger partial charge in [0.25, 0.3) is 0 Å². The molecule has 5 rings (SSSR count). The number of likely N-dealkylation sites (tertiary alicyclic amines) is 1. The molecule has 2 aliphatic rings. The molecule has 2 aliphatic heterocycles. The second kappa shape index (κ2) is 7.27. The molecule has 2 fully saturated rings. The third-order valence-electron chi connectivity index (χ3n) is 6.05. The van der Waals surface area contributed by atoms with Gasteiger partial charge in [-0.15, -0.1) is 0 Å². The summed E-state index contributed by atoms with van der Waals surface area (Å²) in [6.45, 7) is 2.28. The molecule has 0 spiro atoms. The minimum atomic E-state index is -0.472. The number of fused-ring (bicyclic) bond motifs is 1. The van der Waals surface area contributed by atoms with Gasteiger partial charge < -0.3 is 14.4 Å². The number of aromatic hydroxyl groups is 1. The van der Waals surface area contributed by atoms with Gasteiger partial charge in [-0.3, -0.25) is 4.79 Å². The molecule has 3 heterocycles. The van der Waals surface area contributed by atoms with Crippen molar-refractivity contribution in [2.24, 2.45) is 5.92 Å². The van der Waals surface area contributed by atoms with E-state index in [4.69, 9.17) is 4.42 Å². The van der Waals surface area contributed by atoms with Crippen LogP contribution in [0.3, 0.4) is 0 Å². The summed E-state index contributed by atoms with van der Waals surface area (Å²) in [5, 5.41) is 10.5. The maximum absolute atomic E-state index is 13.6. The minimum Gasteiger partial charge on any atom is -0.508 e. The number of hydrazine groups is 1. The fourth-order valence-electron chi connectivity index (χ4n) is 4.70. The van der Waals surface area contributed by atoms with Crippen LogP contribution in [-0.4, -0.2) is 22.0 Å². The molecule has 4 unspecified atom stereocenters. The first-order valence-electron chi connectivity index (χ1n) is 9.92. The van der Waals surface area contributed by atoms with Crippen molar-refractivity contribution in [1.29, 1.82) is 0 Å². The number of rotatable bonds is 4. The standard InChI is InChI=1S/C23H22FN3O3/c1-13-4-9-18(28)17(11-13)20-19-21(26-25-20)23(29)27(12-16-3-2-10-30-16)22(19)14-5-7-15(24)8-6-14/h2-11,19-22,25-26,28H,12H2,1H3. The average molecular weight is 407 g/mol. The van der Waals surface area contributed by atoms with E-state index in [0.717, 1.165) is 16.7 Å². The number of halogens is 1. The number of hydrogen-bond donors (Lipinski definition) is 3. The van der Waals surface area contributed by atoms with Gasteiger partial charge in [0.05, 0.1) is 24.9 Å². The van der Waals surface area contributed by atoms with E-state index >= 15 is 0 Å². The molecule has 6 nitrogen and oxygen atoms in total. The van der Waals surface area contributed by atoms with Crippen LogP contribution >= 0.6 is 0 Å². The molecular formula is C23H22FN3O3. The molecule has 0 aliphatic carbocycles. The normalized spacial score (nSPS) is 25.7. The summed E-state index contributed by atoms with van der Waals surface area (Å²) in [4.78, 5) is 15.1. The molecule has 0 radical (unpaired) electrons. The Bertz CT molecular complexity index is 1070. The molecule has 3 N–H and O–H groups in total. The van der Waals surface area contributed by atoms with Crippen LogP contribution in [0, 0.1) is 18.7 Å². The van der Waals surface area contributed by atoms with Gasteiger partial charge in [0.15, 0.2) is 0 Å². The first-order chi connectivity index (χ1) is 14.5. The highest BCUT2D eigenvalue weighted by Gasteiger charge is 2.56. The van der Waals surface area contributed by atoms with E-state index in [9.17, 15) is 14.3 Å². The number of nitrogens with zero attached hydrogens (tertiary/aromatic N) is 1. The quantitative estimate of drug-likeness (QED) is 0.618. The molecule has 3 aromatic rings. The highest BCUT2D eigenvalue weighted by Crippen LogP contribution is 2.49. The Morgan fingerprint density at radius 3 is 2.60 bits per heavy atom. The van der Waals surface area contributed by atoms with E-state index in [1.807, 2.05) is 25.1 Å². The van der Waals surface area contributed by atoms with E-state index in [-0.39, 0.29) is 35.5 Å². The Kier molecular flexibility index (Phi) is 4.56. The Labute approximate surface area is 173 Å². The number of hydrogen-bond acceptors (Lipinski definition) is 5. The zero-order valence-electron chi connectivity index (χ0n) is 16.4. The SMILES string of the molecule is Cc1ccc(O)c(C2NNC3C(=O)N(Cc4ccco4)C(c4ccc(F)cc4)C32)c1. The summed E-state index contributed by atoms with van der Waals surface area (Å²) >= 11 is 0. The van der Waals surface area contributed by atoms with Crippen molar-refractivity contribution in [2.45, 2.75) is 31.6 Å². The molecule has 1 aromatic heterocycles. The molecule has 1 amide bonds. The molecule has 30 heavy (non-hydrogen) atoms. The summed E-state index contributed by atoms with van der Waals surface area (Å²) in [6, 6.07) is 14.2.